The summed E-state index contributed by atoms with van der Waals surface area (Å²) in [4.78, 5) is 26.3. The first-order valence-electron chi connectivity index (χ1n) is 10.0. The van der Waals surface area contributed by atoms with Gasteiger partial charge in [-0.05, 0) is 41.2 Å². The van der Waals surface area contributed by atoms with E-state index in [1.165, 1.54) is 12.1 Å². The highest BCUT2D eigenvalue weighted by Gasteiger charge is 2.58. The van der Waals surface area contributed by atoms with Gasteiger partial charge in [-0.15, -0.1) is 0 Å². The molecule has 5 nitrogen and oxygen atoms in total. The Bertz CT molecular complexity index is 700. The largest absolute Gasteiger partial charge is 0.449 e. The minimum atomic E-state index is -2.37. The van der Waals surface area contributed by atoms with Gasteiger partial charge in [0, 0.05) is 0 Å². The van der Waals surface area contributed by atoms with Crippen LogP contribution in [0.15, 0.2) is 24.3 Å². The van der Waals surface area contributed by atoms with Gasteiger partial charge in [-0.1, -0.05) is 53.7 Å². The minimum Gasteiger partial charge on any atom is -0.449 e. The number of benzene rings is 1. The van der Waals surface area contributed by atoms with E-state index in [4.69, 9.17) is 9.16 Å². The maximum Gasteiger partial charge on any atom is 0.417 e. The van der Waals surface area contributed by atoms with Gasteiger partial charge in [0.25, 0.3) is 5.91 Å². The van der Waals surface area contributed by atoms with Gasteiger partial charge in [0.2, 0.25) is 8.32 Å². The number of carbonyl (C=O) groups excluding carboxylic acids is 2. The van der Waals surface area contributed by atoms with Crippen molar-refractivity contribution in [3.63, 3.8) is 0 Å². The van der Waals surface area contributed by atoms with E-state index in [9.17, 15) is 14.0 Å². The van der Waals surface area contributed by atoms with E-state index < -0.39 is 38.3 Å². The number of imide groups is 1. The third kappa shape index (κ3) is 3.87. The summed E-state index contributed by atoms with van der Waals surface area (Å²) in [6, 6.07) is 5.30. The summed E-state index contributed by atoms with van der Waals surface area (Å²) in [5.41, 5.74) is 1.39. The van der Waals surface area contributed by atoms with Gasteiger partial charge in [-0.25, -0.2) is 14.1 Å². The molecule has 1 fully saturated rings. The molecule has 2 atom stereocenters. The Labute approximate surface area is 168 Å². The number of halogens is 1. The Morgan fingerprint density at radius 2 is 1.71 bits per heavy atom. The number of β-lactam (4-membered cyclic amide) rings is 1. The fraction of sp³-hybridized carbons (Fsp3) is 0.619. The second-order valence-electron chi connectivity index (χ2n) is 8.26. The van der Waals surface area contributed by atoms with Crippen LogP contribution in [0.4, 0.5) is 9.18 Å². The number of likely N-dealkylation sites (tertiary alicyclic amines) is 1. The highest BCUT2D eigenvalue weighted by molar-refractivity contribution is 6.77. The van der Waals surface area contributed by atoms with Crippen molar-refractivity contribution in [1.82, 2.24) is 4.90 Å². The highest BCUT2D eigenvalue weighted by Crippen LogP contribution is 2.47. The molecule has 1 aliphatic rings. The maximum atomic E-state index is 13.9. The summed E-state index contributed by atoms with van der Waals surface area (Å²) in [5.74, 6) is -0.828. The van der Waals surface area contributed by atoms with Crippen LogP contribution in [-0.2, 0) is 14.0 Å². The molecule has 2 amide bonds. The molecule has 0 spiro atoms. The molecule has 0 aliphatic carbocycles. The average molecular weight is 410 g/mol. The molecule has 1 aliphatic heterocycles. The SMILES string of the molecule is CCOC(=O)N1C(=O)[C@H](O[Si](C(C)C)(C(C)C)C(C)C)[C@@H]1c1cccc(F)c1. The Morgan fingerprint density at radius 1 is 1.14 bits per heavy atom. The molecule has 1 saturated heterocycles. The fourth-order valence-corrected chi connectivity index (χ4v) is 10.1. The molecule has 2 rings (SSSR count). The van der Waals surface area contributed by atoms with Gasteiger partial charge < -0.3 is 9.16 Å². The molecule has 156 valence electrons. The van der Waals surface area contributed by atoms with Crippen LogP contribution in [0.3, 0.4) is 0 Å². The lowest BCUT2D eigenvalue weighted by Gasteiger charge is -2.51. The number of amides is 2. The van der Waals surface area contributed by atoms with Crippen molar-refractivity contribution in [2.24, 2.45) is 0 Å². The van der Waals surface area contributed by atoms with Crippen LogP contribution >= 0.6 is 0 Å². The van der Waals surface area contributed by atoms with Crippen molar-refractivity contribution in [3.8, 4) is 0 Å². The molecule has 28 heavy (non-hydrogen) atoms. The molecule has 0 saturated carbocycles. The number of nitrogens with zero attached hydrogens (tertiary/aromatic N) is 1. The molecular weight excluding hydrogens is 377 g/mol. The third-order valence-electron chi connectivity index (χ3n) is 5.74. The van der Waals surface area contributed by atoms with Crippen molar-refractivity contribution in [2.75, 3.05) is 6.61 Å². The van der Waals surface area contributed by atoms with E-state index in [-0.39, 0.29) is 23.2 Å². The van der Waals surface area contributed by atoms with Crippen molar-refractivity contribution in [3.05, 3.63) is 35.6 Å². The first kappa shape index (κ1) is 22.6. The van der Waals surface area contributed by atoms with Crippen LogP contribution in [0.1, 0.15) is 60.1 Å². The zero-order chi connectivity index (χ0) is 21.2. The first-order valence-corrected chi connectivity index (χ1v) is 12.1. The lowest BCUT2D eigenvalue weighted by Crippen LogP contribution is -2.66. The van der Waals surface area contributed by atoms with Crippen LogP contribution in [0.5, 0.6) is 0 Å². The first-order chi connectivity index (χ1) is 13.1. The van der Waals surface area contributed by atoms with Crippen molar-refractivity contribution < 1.29 is 23.1 Å². The number of carbonyl (C=O) groups is 2. The zero-order valence-corrected chi connectivity index (χ0v) is 18.9. The van der Waals surface area contributed by atoms with Crippen LogP contribution in [0.2, 0.25) is 16.6 Å². The summed E-state index contributed by atoms with van der Waals surface area (Å²) in [5, 5.41) is 0. The minimum absolute atomic E-state index is 0.159. The summed E-state index contributed by atoms with van der Waals surface area (Å²) in [6.45, 7) is 14.6. The van der Waals surface area contributed by atoms with E-state index >= 15 is 0 Å². The smallest absolute Gasteiger partial charge is 0.417 e. The molecule has 0 N–H and O–H groups in total. The number of hydrogen-bond donors (Lipinski definition) is 0. The molecule has 0 aromatic heterocycles. The Kier molecular flexibility index (Phi) is 7.04. The van der Waals surface area contributed by atoms with Crippen molar-refractivity contribution >= 4 is 20.3 Å². The summed E-state index contributed by atoms with van der Waals surface area (Å²) in [7, 11) is -2.37. The predicted molar refractivity (Wildman–Crippen MR) is 109 cm³/mol. The Morgan fingerprint density at radius 3 is 2.18 bits per heavy atom. The molecule has 0 bridgehead atoms. The maximum absolute atomic E-state index is 13.9. The van der Waals surface area contributed by atoms with Gasteiger partial charge in [-0.3, -0.25) is 4.79 Å². The number of rotatable bonds is 7. The normalized spacial score (nSPS) is 20.1. The summed E-state index contributed by atoms with van der Waals surface area (Å²) < 4.78 is 25.6. The second-order valence-corrected chi connectivity index (χ2v) is 13.7. The lowest BCUT2D eigenvalue weighted by atomic mass is 9.91. The Balaban J connectivity index is 2.46. The van der Waals surface area contributed by atoms with E-state index in [0.717, 1.165) is 4.90 Å². The molecule has 7 heteroatoms. The predicted octanol–water partition coefficient (Wildman–Crippen LogP) is 5.43. The van der Waals surface area contributed by atoms with Gasteiger partial charge in [0.05, 0.1) is 6.61 Å². The third-order valence-corrected chi connectivity index (χ3v) is 11.8. The van der Waals surface area contributed by atoms with Crippen LogP contribution < -0.4 is 0 Å². The zero-order valence-electron chi connectivity index (χ0n) is 17.9. The number of hydrogen-bond acceptors (Lipinski definition) is 4. The van der Waals surface area contributed by atoms with Crippen molar-refractivity contribution in [1.29, 1.82) is 0 Å². The highest BCUT2D eigenvalue weighted by atomic mass is 28.4. The molecule has 1 aromatic carbocycles. The van der Waals surface area contributed by atoms with Crippen molar-refractivity contribution in [2.45, 2.75) is 77.2 Å². The summed E-state index contributed by atoms with van der Waals surface area (Å²) in [6.07, 6.45) is -1.52. The molecule has 1 aromatic rings. The molecule has 0 unspecified atom stereocenters. The van der Waals surface area contributed by atoms with E-state index in [2.05, 4.69) is 41.5 Å². The number of ether oxygens (including phenoxy) is 1. The topological polar surface area (TPSA) is 55.8 Å². The quantitative estimate of drug-likeness (QED) is 0.445. The molecule has 1 heterocycles. The van der Waals surface area contributed by atoms with Gasteiger partial charge in [0.1, 0.15) is 11.9 Å². The van der Waals surface area contributed by atoms with Gasteiger partial charge >= 0.3 is 6.09 Å². The fourth-order valence-electron chi connectivity index (χ4n) is 4.62. The Hall–Kier alpha value is -1.73. The average Bonchev–Trinajstić information content (AvgIpc) is 2.59. The standard InChI is InChI=1S/C21H32FNO4Si/c1-8-26-21(25)23-18(16-10-9-11-17(22)12-16)19(20(23)24)27-28(13(2)3,14(4)5)15(6)7/h9-15,18-19H,8H2,1-7H3/t18-,19+/m0/s1. The molecular formula is C21H32FNO4Si. The van der Waals surface area contributed by atoms with E-state index in [0.29, 0.717) is 5.56 Å². The van der Waals surface area contributed by atoms with Crippen LogP contribution in [-0.4, -0.2) is 37.9 Å². The van der Waals surface area contributed by atoms with Crippen LogP contribution in [0, 0.1) is 5.82 Å². The van der Waals surface area contributed by atoms with Gasteiger partial charge in [-0.2, -0.15) is 0 Å². The van der Waals surface area contributed by atoms with E-state index in [1.807, 2.05) is 0 Å². The molecule has 0 radical (unpaired) electrons. The summed E-state index contributed by atoms with van der Waals surface area (Å²) >= 11 is 0. The van der Waals surface area contributed by atoms with Gasteiger partial charge in [0.15, 0.2) is 6.10 Å². The second kappa shape index (κ2) is 8.74. The monoisotopic (exact) mass is 409 g/mol. The van der Waals surface area contributed by atoms with E-state index in [1.54, 1.807) is 19.1 Å². The van der Waals surface area contributed by atoms with Crippen LogP contribution in [0.25, 0.3) is 0 Å². The lowest BCUT2D eigenvalue weighted by molar-refractivity contribution is -0.161.